The van der Waals surface area contributed by atoms with Crippen LogP contribution in [0.4, 0.5) is 5.82 Å². The van der Waals surface area contributed by atoms with Gasteiger partial charge in [-0.3, -0.25) is 4.79 Å². The Morgan fingerprint density at radius 2 is 2.24 bits per heavy atom. The highest BCUT2D eigenvalue weighted by molar-refractivity contribution is 6.04. The highest BCUT2D eigenvalue weighted by Gasteiger charge is 2.08. The first kappa shape index (κ1) is 14.7. The Morgan fingerprint density at radius 1 is 1.38 bits per heavy atom. The molecule has 5 nitrogen and oxygen atoms in total. The maximum absolute atomic E-state index is 12.2. The van der Waals surface area contributed by atoms with Crippen molar-refractivity contribution >= 4 is 11.7 Å². The molecule has 1 amide bonds. The Balaban J connectivity index is 2.19. The zero-order valence-corrected chi connectivity index (χ0v) is 11.6. The van der Waals surface area contributed by atoms with Crippen molar-refractivity contribution < 1.29 is 9.90 Å². The van der Waals surface area contributed by atoms with E-state index in [2.05, 4.69) is 27.4 Å². The molecule has 0 atom stereocenters. The van der Waals surface area contributed by atoms with Gasteiger partial charge in [0, 0.05) is 23.7 Å². The van der Waals surface area contributed by atoms with E-state index in [0.717, 1.165) is 11.1 Å². The Labute approximate surface area is 123 Å². The molecule has 0 radical (unpaired) electrons. The van der Waals surface area contributed by atoms with Crippen molar-refractivity contribution in [2.24, 2.45) is 0 Å². The Morgan fingerprint density at radius 3 is 2.95 bits per heavy atom. The summed E-state index contributed by atoms with van der Waals surface area (Å²) in [5.41, 5.74) is 2.19. The molecule has 0 aliphatic heterocycles. The standard InChI is InChI=1S/C16H15N3O2/c1-12-9-13(5-2-3-8-20)11-14(10-12)16(21)18-15-6-4-7-17-19-15/h4,6-7,9-11,20H,3,8H2,1H3,(H,18,19,21). The molecule has 0 bridgehead atoms. The predicted octanol–water partition coefficient (Wildman–Crippen LogP) is 1.77. The van der Waals surface area contributed by atoms with E-state index in [0.29, 0.717) is 17.8 Å². The summed E-state index contributed by atoms with van der Waals surface area (Å²) < 4.78 is 0. The van der Waals surface area contributed by atoms with Gasteiger partial charge in [-0.2, -0.15) is 5.10 Å². The van der Waals surface area contributed by atoms with E-state index in [1.807, 2.05) is 13.0 Å². The number of aliphatic hydroxyl groups is 1. The summed E-state index contributed by atoms with van der Waals surface area (Å²) >= 11 is 0. The van der Waals surface area contributed by atoms with Crippen molar-refractivity contribution in [3.05, 3.63) is 53.2 Å². The van der Waals surface area contributed by atoms with Crippen LogP contribution in [0, 0.1) is 18.8 Å². The monoisotopic (exact) mass is 281 g/mol. The quantitative estimate of drug-likeness (QED) is 0.841. The number of nitrogens with zero attached hydrogens (tertiary/aromatic N) is 2. The topological polar surface area (TPSA) is 75.1 Å². The number of anilines is 1. The van der Waals surface area contributed by atoms with Crippen LogP contribution in [0.15, 0.2) is 36.5 Å². The van der Waals surface area contributed by atoms with Gasteiger partial charge >= 0.3 is 0 Å². The van der Waals surface area contributed by atoms with Crippen LogP contribution in [-0.4, -0.2) is 27.8 Å². The summed E-state index contributed by atoms with van der Waals surface area (Å²) in [7, 11) is 0. The zero-order valence-electron chi connectivity index (χ0n) is 11.6. The number of hydrogen-bond donors (Lipinski definition) is 2. The molecule has 2 rings (SSSR count). The zero-order chi connectivity index (χ0) is 15.1. The van der Waals surface area contributed by atoms with Crippen molar-refractivity contribution in [1.29, 1.82) is 0 Å². The number of carbonyl (C=O) groups is 1. The molecule has 1 aromatic carbocycles. The van der Waals surface area contributed by atoms with Gasteiger partial charge in [-0.05, 0) is 42.8 Å². The second-order valence-corrected chi connectivity index (χ2v) is 4.43. The van der Waals surface area contributed by atoms with Gasteiger partial charge in [0.1, 0.15) is 0 Å². The number of rotatable bonds is 3. The largest absolute Gasteiger partial charge is 0.395 e. The van der Waals surface area contributed by atoms with E-state index >= 15 is 0 Å². The van der Waals surface area contributed by atoms with E-state index in [1.165, 1.54) is 6.20 Å². The first-order chi connectivity index (χ1) is 10.2. The molecule has 21 heavy (non-hydrogen) atoms. The molecular formula is C16H15N3O2. The van der Waals surface area contributed by atoms with Crippen LogP contribution in [0.25, 0.3) is 0 Å². The van der Waals surface area contributed by atoms with Crippen LogP contribution >= 0.6 is 0 Å². The maximum atomic E-state index is 12.2. The van der Waals surface area contributed by atoms with Gasteiger partial charge in [0.25, 0.3) is 5.91 Å². The highest BCUT2D eigenvalue weighted by atomic mass is 16.2. The van der Waals surface area contributed by atoms with Crippen molar-refractivity contribution in [3.8, 4) is 11.8 Å². The van der Waals surface area contributed by atoms with Crippen molar-refractivity contribution in [2.75, 3.05) is 11.9 Å². The number of carbonyl (C=O) groups excluding carboxylic acids is 1. The molecule has 106 valence electrons. The van der Waals surface area contributed by atoms with Gasteiger partial charge in [0.15, 0.2) is 5.82 Å². The van der Waals surface area contributed by atoms with Crippen LogP contribution in [0.2, 0.25) is 0 Å². The number of nitrogens with one attached hydrogen (secondary N) is 1. The predicted molar refractivity (Wildman–Crippen MR) is 79.7 cm³/mol. The van der Waals surface area contributed by atoms with Crippen molar-refractivity contribution in [1.82, 2.24) is 10.2 Å². The van der Waals surface area contributed by atoms with Crippen LogP contribution in [0.3, 0.4) is 0 Å². The smallest absolute Gasteiger partial charge is 0.256 e. The Hall–Kier alpha value is -2.71. The minimum Gasteiger partial charge on any atom is -0.395 e. The molecule has 0 spiro atoms. The van der Waals surface area contributed by atoms with E-state index < -0.39 is 0 Å². The normalized spacial score (nSPS) is 9.62. The third-order valence-corrected chi connectivity index (χ3v) is 2.62. The Bertz CT molecular complexity index is 688. The van der Waals surface area contributed by atoms with E-state index in [9.17, 15) is 4.79 Å². The van der Waals surface area contributed by atoms with E-state index in [-0.39, 0.29) is 12.5 Å². The van der Waals surface area contributed by atoms with Gasteiger partial charge in [-0.15, -0.1) is 5.10 Å². The van der Waals surface area contributed by atoms with Crippen molar-refractivity contribution in [3.63, 3.8) is 0 Å². The van der Waals surface area contributed by atoms with E-state index in [1.54, 1.807) is 24.3 Å². The van der Waals surface area contributed by atoms with Crippen LogP contribution in [0.1, 0.15) is 27.9 Å². The minimum absolute atomic E-state index is 0.0266. The van der Waals surface area contributed by atoms with Crippen LogP contribution in [-0.2, 0) is 0 Å². The summed E-state index contributed by atoms with van der Waals surface area (Å²) in [6.07, 6.45) is 1.95. The molecule has 0 fully saturated rings. The first-order valence-corrected chi connectivity index (χ1v) is 6.49. The molecule has 2 aromatic rings. The first-order valence-electron chi connectivity index (χ1n) is 6.49. The fourth-order valence-corrected chi connectivity index (χ4v) is 1.76. The Kier molecular flexibility index (Phi) is 5.02. The number of aliphatic hydroxyl groups excluding tert-OH is 1. The lowest BCUT2D eigenvalue weighted by atomic mass is 10.1. The average molecular weight is 281 g/mol. The fourth-order valence-electron chi connectivity index (χ4n) is 1.76. The molecule has 2 N–H and O–H groups in total. The second-order valence-electron chi connectivity index (χ2n) is 4.43. The third-order valence-electron chi connectivity index (χ3n) is 2.62. The molecule has 1 heterocycles. The van der Waals surface area contributed by atoms with Gasteiger partial charge < -0.3 is 10.4 Å². The summed E-state index contributed by atoms with van der Waals surface area (Å²) in [5, 5.41) is 18.9. The van der Waals surface area contributed by atoms with Gasteiger partial charge in [0.2, 0.25) is 0 Å². The van der Waals surface area contributed by atoms with Gasteiger partial charge in [-0.25, -0.2) is 0 Å². The summed E-state index contributed by atoms with van der Waals surface area (Å²) in [6, 6.07) is 8.75. The molecule has 1 aromatic heterocycles. The number of benzene rings is 1. The number of hydrogen-bond acceptors (Lipinski definition) is 4. The lowest BCUT2D eigenvalue weighted by molar-refractivity contribution is 0.102. The summed E-state index contributed by atoms with van der Waals surface area (Å²) in [5.74, 6) is 5.91. The lowest BCUT2D eigenvalue weighted by Crippen LogP contribution is -2.13. The third kappa shape index (κ3) is 4.41. The second kappa shape index (κ2) is 7.17. The van der Waals surface area contributed by atoms with Gasteiger partial charge in [-0.1, -0.05) is 11.8 Å². The molecule has 5 heteroatoms. The summed E-state index contributed by atoms with van der Waals surface area (Å²) in [6.45, 7) is 1.93. The van der Waals surface area contributed by atoms with Crippen LogP contribution in [0.5, 0.6) is 0 Å². The molecule has 0 aliphatic rings. The summed E-state index contributed by atoms with van der Waals surface area (Å²) in [4.78, 5) is 12.2. The van der Waals surface area contributed by atoms with Gasteiger partial charge in [0.05, 0.1) is 6.61 Å². The number of aryl methyl sites for hydroxylation is 1. The van der Waals surface area contributed by atoms with Crippen molar-refractivity contribution in [2.45, 2.75) is 13.3 Å². The fraction of sp³-hybridized carbons (Fsp3) is 0.188. The highest BCUT2D eigenvalue weighted by Crippen LogP contribution is 2.11. The van der Waals surface area contributed by atoms with Crippen LogP contribution < -0.4 is 5.32 Å². The molecular weight excluding hydrogens is 266 g/mol. The minimum atomic E-state index is -0.260. The molecule has 0 unspecified atom stereocenters. The SMILES string of the molecule is Cc1cc(C#CCCO)cc(C(=O)Nc2cccnn2)c1. The lowest BCUT2D eigenvalue weighted by Gasteiger charge is -2.05. The average Bonchev–Trinajstić information content (AvgIpc) is 2.48. The maximum Gasteiger partial charge on any atom is 0.256 e. The molecule has 0 saturated heterocycles. The molecule has 0 saturated carbocycles. The number of aromatic nitrogens is 2. The number of amides is 1. The van der Waals surface area contributed by atoms with E-state index in [4.69, 9.17) is 5.11 Å². The molecule has 0 aliphatic carbocycles.